The van der Waals surface area contributed by atoms with Crippen molar-refractivity contribution in [1.82, 2.24) is 4.90 Å². The minimum atomic E-state index is -3.25. The van der Waals surface area contributed by atoms with E-state index in [9.17, 15) is 13.2 Å². The fourth-order valence-corrected chi connectivity index (χ4v) is 5.59. The molecule has 0 unspecified atom stereocenters. The van der Waals surface area contributed by atoms with Gasteiger partial charge in [0.2, 0.25) is 0 Å². The van der Waals surface area contributed by atoms with Gasteiger partial charge in [-0.1, -0.05) is 18.2 Å². The van der Waals surface area contributed by atoms with Crippen LogP contribution in [0.5, 0.6) is 0 Å². The number of benzene rings is 1. The van der Waals surface area contributed by atoms with E-state index in [1.165, 1.54) is 0 Å². The normalized spacial score (nSPS) is 18.5. The van der Waals surface area contributed by atoms with Crippen molar-refractivity contribution in [2.45, 2.75) is 37.2 Å². The molecule has 2 aromatic rings. The molecule has 0 N–H and O–H groups in total. The van der Waals surface area contributed by atoms with Gasteiger partial charge in [-0.25, -0.2) is 8.42 Å². The van der Waals surface area contributed by atoms with Gasteiger partial charge < -0.3 is 4.90 Å². The number of rotatable bonds is 3. The molecule has 1 aromatic carbocycles. The molecule has 134 valence electrons. The second-order valence-corrected chi connectivity index (χ2v) is 11.3. The van der Waals surface area contributed by atoms with E-state index in [1.54, 1.807) is 37.0 Å². The molecule has 1 aliphatic heterocycles. The lowest BCUT2D eigenvalue weighted by molar-refractivity contribution is 0.0793. The smallest absolute Gasteiger partial charge is 0.253 e. The number of nitrogens with zero attached hydrogens (tertiary/aromatic N) is 1. The third kappa shape index (κ3) is 3.51. The van der Waals surface area contributed by atoms with Gasteiger partial charge in [0.1, 0.15) is 0 Å². The number of amides is 1. The monoisotopic (exact) mass is 377 g/mol. The molecule has 0 saturated carbocycles. The van der Waals surface area contributed by atoms with Crippen LogP contribution < -0.4 is 0 Å². The molecule has 0 bridgehead atoms. The Morgan fingerprint density at radius 1 is 1.16 bits per heavy atom. The van der Waals surface area contributed by atoms with Crippen LogP contribution in [0.2, 0.25) is 0 Å². The highest BCUT2D eigenvalue weighted by molar-refractivity contribution is 7.93. The summed E-state index contributed by atoms with van der Waals surface area (Å²) in [5.74, 6) is -0.0932. The number of likely N-dealkylation sites (tertiary alicyclic amines) is 1. The fraction of sp³-hybridized carbons (Fsp3) is 0.421. The molecular formula is C19H23NO3S2. The zero-order chi connectivity index (χ0) is 18.2. The summed E-state index contributed by atoms with van der Waals surface area (Å²) in [7, 11) is -3.25. The zero-order valence-electron chi connectivity index (χ0n) is 14.7. The first-order valence-electron chi connectivity index (χ1n) is 8.37. The Hall–Kier alpha value is -1.66. The molecule has 1 aromatic heterocycles. The summed E-state index contributed by atoms with van der Waals surface area (Å²) in [5.41, 5.74) is 1.69. The van der Waals surface area contributed by atoms with Gasteiger partial charge in [-0.3, -0.25) is 4.79 Å². The predicted molar refractivity (Wildman–Crippen MR) is 103 cm³/mol. The van der Waals surface area contributed by atoms with Gasteiger partial charge >= 0.3 is 0 Å². The molecule has 6 heteroatoms. The summed E-state index contributed by atoms with van der Waals surface area (Å²) < 4.78 is 24.4. The number of thiophene rings is 1. The van der Waals surface area contributed by atoms with E-state index in [1.807, 2.05) is 41.8 Å². The summed E-state index contributed by atoms with van der Waals surface area (Å²) >= 11 is 1.66. The lowest BCUT2D eigenvalue weighted by atomic mass is 10.1. The van der Waals surface area contributed by atoms with E-state index in [0.29, 0.717) is 18.5 Å². The average Bonchev–Trinajstić information content (AvgIpc) is 3.25. The van der Waals surface area contributed by atoms with E-state index >= 15 is 0 Å². The van der Waals surface area contributed by atoms with E-state index in [4.69, 9.17) is 0 Å². The van der Waals surface area contributed by atoms with Crippen molar-refractivity contribution < 1.29 is 13.2 Å². The summed E-state index contributed by atoms with van der Waals surface area (Å²) in [6, 6.07) is 11.6. The van der Waals surface area contributed by atoms with Crippen LogP contribution in [-0.2, 0) is 9.84 Å². The van der Waals surface area contributed by atoms with Crippen molar-refractivity contribution in [3.05, 3.63) is 47.3 Å². The summed E-state index contributed by atoms with van der Waals surface area (Å²) in [6.07, 6.45) is 0.513. The molecule has 4 nitrogen and oxygen atoms in total. The van der Waals surface area contributed by atoms with Crippen molar-refractivity contribution in [3.63, 3.8) is 0 Å². The predicted octanol–water partition coefficient (Wildman–Crippen LogP) is 3.84. The number of hydrogen-bond donors (Lipinski definition) is 0. The number of carbonyl (C=O) groups is 1. The first kappa shape index (κ1) is 18.1. The highest BCUT2D eigenvalue weighted by Crippen LogP contribution is 2.29. The Morgan fingerprint density at radius 3 is 2.40 bits per heavy atom. The second kappa shape index (κ2) is 6.57. The van der Waals surface area contributed by atoms with E-state index in [0.717, 1.165) is 10.4 Å². The van der Waals surface area contributed by atoms with Crippen molar-refractivity contribution in [1.29, 1.82) is 0 Å². The van der Waals surface area contributed by atoms with E-state index in [-0.39, 0.29) is 12.5 Å². The average molecular weight is 378 g/mol. The molecule has 1 atom stereocenters. The Morgan fingerprint density at radius 2 is 1.84 bits per heavy atom. The molecule has 1 aliphatic rings. The molecule has 3 rings (SSSR count). The second-order valence-electron chi connectivity index (χ2n) is 7.37. The maximum absolute atomic E-state index is 12.7. The highest BCUT2D eigenvalue weighted by atomic mass is 32.2. The van der Waals surface area contributed by atoms with Gasteiger partial charge in [-0.05, 0) is 56.3 Å². The maximum atomic E-state index is 12.7. The molecule has 0 radical (unpaired) electrons. The van der Waals surface area contributed by atoms with Gasteiger partial charge in [-0.15, -0.1) is 11.3 Å². The quantitative estimate of drug-likeness (QED) is 0.816. The van der Waals surface area contributed by atoms with Gasteiger partial charge in [-0.2, -0.15) is 0 Å². The fourth-order valence-electron chi connectivity index (χ4n) is 3.07. The third-order valence-electron chi connectivity index (χ3n) is 4.66. The van der Waals surface area contributed by atoms with Crippen LogP contribution in [0.4, 0.5) is 0 Å². The van der Waals surface area contributed by atoms with Crippen LogP contribution in [0.15, 0.2) is 41.8 Å². The van der Waals surface area contributed by atoms with Gasteiger partial charge in [0.25, 0.3) is 5.91 Å². The number of carbonyl (C=O) groups excluding carboxylic acids is 1. The molecule has 2 heterocycles. The number of sulfone groups is 1. The van der Waals surface area contributed by atoms with Crippen molar-refractivity contribution in [2.75, 3.05) is 13.1 Å². The molecule has 25 heavy (non-hydrogen) atoms. The minimum Gasteiger partial charge on any atom is -0.337 e. The largest absolute Gasteiger partial charge is 0.337 e. The molecule has 1 fully saturated rings. The van der Waals surface area contributed by atoms with Crippen molar-refractivity contribution in [2.24, 2.45) is 0 Å². The first-order valence-corrected chi connectivity index (χ1v) is 10.8. The third-order valence-corrected chi connectivity index (χ3v) is 8.55. The first-order chi connectivity index (χ1) is 11.7. The molecule has 0 aliphatic carbocycles. The lowest BCUT2D eigenvalue weighted by Gasteiger charge is -2.24. The minimum absolute atomic E-state index is 0.0932. The SMILES string of the molecule is CC(C)(C)S(=O)(=O)[C@@H]1CCN(C(=O)c2ccc(-c3cccs3)cc2)C1. The molecular weight excluding hydrogens is 354 g/mol. The molecule has 1 amide bonds. The van der Waals surface area contributed by atoms with Crippen LogP contribution in [-0.4, -0.2) is 42.3 Å². The number of hydrogen-bond acceptors (Lipinski definition) is 4. The summed E-state index contributed by atoms with van der Waals surface area (Å²) in [4.78, 5) is 15.5. The Balaban J connectivity index is 1.72. The van der Waals surface area contributed by atoms with Crippen LogP contribution >= 0.6 is 11.3 Å². The topological polar surface area (TPSA) is 54.5 Å². The van der Waals surface area contributed by atoms with E-state index < -0.39 is 19.8 Å². The van der Waals surface area contributed by atoms with Crippen LogP contribution in [0.3, 0.4) is 0 Å². The Bertz CT molecular complexity index is 847. The van der Waals surface area contributed by atoms with E-state index in [2.05, 4.69) is 0 Å². The van der Waals surface area contributed by atoms with Gasteiger partial charge in [0.05, 0.1) is 10.00 Å². The van der Waals surface area contributed by atoms with Crippen LogP contribution in [0, 0.1) is 0 Å². The zero-order valence-corrected chi connectivity index (χ0v) is 16.4. The Kier molecular flexibility index (Phi) is 4.77. The highest BCUT2D eigenvalue weighted by Gasteiger charge is 2.41. The van der Waals surface area contributed by atoms with Gasteiger partial charge in [0.15, 0.2) is 9.84 Å². The molecule has 0 spiro atoms. The van der Waals surface area contributed by atoms with Crippen molar-refractivity contribution >= 4 is 27.1 Å². The summed E-state index contributed by atoms with van der Waals surface area (Å²) in [6.45, 7) is 5.93. The van der Waals surface area contributed by atoms with Gasteiger partial charge in [0, 0.05) is 23.5 Å². The standard InChI is InChI=1S/C19H23NO3S2/c1-19(2,3)25(22,23)16-10-11-20(13-16)18(21)15-8-6-14(7-9-15)17-5-4-12-24-17/h4-9,12,16H,10-11,13H2,1-3H3/t16-/m1/s1. The molecule has 1 saturated heterocycles. The van der Waals surface area contributed by atoms with Crippen LogP contribution in [0.25, 0.3) is 10.4 Å². The van der Waals surface area contributed by atoms with Crippen molar-refractivity contribution in [3.8, 4) is 10.4 Å². The maximum Gasteiger partial charge on any atom is 0.253 e. The lowest BCUT2D eigenvalue weighted by Crippen LogP contribution is -2.39. The summed E-state index contributed by atoms with van der Waals surface area (Å²) in [5, 5.41) is 1.55. The van der Waals surface area contributed by atoms with Crippen LogP contribution in [0.1, 0.15) is 37.6 Å². The Labute approximate surface area is 153 Å².